The van der Waals surface area contributed by atoms with Gasteiger partial charge in [0.1, 0.15) is 6.10 Å². The van der Waals surface area contributed by atoms with E-state index < -0.39 is 17.8 Å². The number of carboxylic acids is 1. The standard InChI is InChI=1S/C13H22O4/c1-8(2)9(3)17-13(16)11-7-5-4-6-10(11)12(14)15/h8-11H,4-7H2,1-3H3,(H,14,15). The van der Waals surface area contributed by atoms with Gasteiger partial charge in [-0.3, -0.25) is 9.59 Å². The molecular formula is C13H22O4. The summed E-state index contributed by atoms with van der Waals surface area (Å²) in [6, 6.07) is 0. The number of ether oxygens (including phenoxy) is 1. The highest BCUT2D eigenvalue weighted by Crippen LogP contribution is 2.31. The lowest BCUT2D eigenvalue weighted by Gasteiger charge is -2.28. The SMILES string of the molecule is CC(C)C(C)OC(=O)C1CCCCC1C(=O)O. The normalized spacial score (nSPS) is 26.6. The largest absolute Gasteiger partial charge is 0.481 e. The van der Waals surface area contributed by atoms with Crippen LogP contribution < -0.4 is 0 Å². The van der Waals surface area contributed by atoms with Gasteiger partial charge in [-0.25, -0.2) is 0 Å². The van der Waals surface area contributed by atoms with E-state index in [-0.39, 0.29) is 18.0 Å². The Hall–Kier alpha value is -1.06. The minimum atomic E-state index is -0.871. The summed E-state index contributed by atoms with van der Waals surface area (Å²) in [6.07, 6.45) is 2.88. The number of hydrogen-bond acceptors (Lipinski definition) is 3. The third-order valence-corrected chi connectivity index (χ3v) is 3.63. The molecule has 0 aliphatic heterocycles. The van der Waals surface area contributed by atoms with E-state index in [9.17, 15) is 9.59 Å². The van der Waals surface area contributed by atoms with Gasteiger partial charge in [0.2, 0.25) is 0 Å². The van der Waals surface area contributed by atoms with Gasteiger partial charge in [-0.15, -0.1) is 0 Å². The highest BCUT2D eigenvalue weighted by molar-refractivity contribution is 5.81. The summed E-state index contributed by atoms with van der Waals surface area (Å²) < 4.78 is 5.33. The van der Waals surface area contributed by atoms with Crippen molar-refractivity contribution in [2.45, 2.75) is 52.6 Å². The van der Waals surface area contributed by atoms with E-state index in [1.54, 1.807) is 0 Å². The van der Waals surface area contributed by atoms with Crippen LogP contribution in [0.1, 0.15) is 46.5 Å². The van der Waals surface area contributed by atoms with Gasteiger partial charge in [-0.2, -0.15) is 0 Å². The van der Waals surface area contributed by atoms with Crippen LogP contribution in [0.3, 0.4) is 0 Å². The van der Waals surface area contributed by atoms with Crippen LogP contribution >= 0.6 is 0 Å². The van der Waals surface area contributed by atoms with Gasteiger partial charge in [-0.1, -0.05) is 26.7 Å². The summed E-state index contributed by atoms with van der Waals surface area (Å²) in [6.45, 7) is 5.81. The molecule has 0 saturated heterocycles. The number of hydrogen-bond donors (Lipinski definition) is 1. The fourth-order valence-electron chi connectivity index (χ4n) is 2.12. The number of carbonyl (C=O) groups is 2. The molecule has 3 atom stereocenters. The van der Waals surface area contributed by atoms with Crippen molar-refractivity contribution in [2.75, 3.05) is 0 Å². The molecular weight excluding hydrogens is 220 g/mol. The van der Waals surface area contributed by atoms with Gasteiger partial charge in [0.05, 0.1) is 11.8 Å². The van der Waals surface area contributed by atoms with Crippen molar-refractivity contribution in [2.24, 2.45) is 17.8 Å². The number of aliphatic carboxylic acids is 1. The first-order valence-corrected chi connectivity index (χ1v) is 6.36. The maximum Gasteiger partial charge on any atom is 0.310 e. The Morgan fingerprint density at radius 1 is 1.12 bits per heavy atom. The fourth-order valence-corrected chi connectivity index (χ4v) is 2.12. The number of carbonyl (C=O) groups excluding carboxylic acids is 1. The third-order valence-electron chi connectivity index (χ3n) is 3.63. The van der Waals surface area contributed by atoms with Crippen LogP contribution in [0, 0.1) is 17.8 Å². The summed E-state index contributed by atoms with van der Waals surface area (Å²) in [5.41, 5.74) is 0. The molecule has 1 rings (SSSR count). The smallest absolute Gasteiger partial charge is 0.310 e. The molecule has 0 aromatic heterocycles. The van der Waals surface area contributed by atoms with Gasteiger partial charge in [0.15, 0.2) is 0 Å². The molecule has 1 N–H and O–H groups in total. The molecule has 3 unspecified atom stereocenters. The highest BCUT2D eigenvalue weighted by Gasteiger charge is 2.37. The molecule has 0 heterocycles. The predicted octanol–water partition coefficient (Wildman–Crippen LogP) is 2.47. The van der Waals surface area contributed by atoms with Crippen LogP contribution in [-0.4, -0.2) is 23.1 Å². The molecule has 0 bridgehead atoms. The molecule has 4 heteroatoms. The minimum Gasteiger partial charge on any atom is -0.481 e. The molecule has 98 valence electrons. The Bertz CT molecular complexity index is 285. The molecule has 1 aliphatic rings. The lowest BCUT2D eigenvalue weighted by Crippen LogP contribution is -2.36. The van der Waals surface area contributed by atoms with Crippen LogP contribution in [0.2, 0.25) is 0 Å². The minimum absolute atomic E-state index is 0.154. The lowest BCUT2D eigenvalue weighted by molar-refractivity contribution is -0.164. The van der Waals surface area contributed by atoms with E-state index in [1.165, 1.54) is 0 Å². The summed E-state index contributed by atoms with van der Waals surface area (Å²) in [5, 5.41) is 9.09. The molecule has 0 aromatic carbocycles. The predicted molar refractivity (Wildman–Crippen MR) is 63.5 cm³/mol. The Morgan fingerprint density at radius 2 is 1.65 bits per heavy atom. The van der Waals surface area contributed by atoms with E-state index >= 15 is 0 Å². The molecule has 17 heavy (non-hydrogen) atoms. The first-order valence-electron chi connectivity index (χ1n) is 6.36. The van der Waals surface area contributed by atoms with Crippen molar-refractivity contribution < 1.29 is 19.4 Å². The second-order valence-corrected chi connectivity index (χ2v) is 5.22. The van der Waals surface area contributed by atoms with Crippen molar-refractivity contribution >= 4 is 11.9 Å². The van der Waals surface area contributed by atoms with Crippen molar-refractivity contribution in [1.82, 2.24) is 0 Å². The Kier molecular flexibility index (Phi) is 4.97. The quantitative estimate of drug-likeness (QED) is 0.769. The van der Waals surface area contributed by atoms with Crippen LogP contribution in [0.5, 0.6) is 0 Å². The van der Waals surface area contributed by atoms with Gasteiger partial charge in [0, 0.05) is 0 Å². The molecule has 0 amide bonds. The molecule has 1 saturated carbocycles. The van der Waals surface area contributed by atoms with Crippen LogP contribution in [-0.2, 0) is 14.3 Å². The van der Waals surface area contributed by atoms with E-state index in [0.717, 1.165) is 12.8 Å². The zero-order chi connectivity index (χ0) is 13.0. The monoisotopic (exact) mass is 242 g/mol. The van der Waals surface area contributed by atoms with Crippen molar-refractivity contribution in [1.29, 1.82) is 0 Å². The van der Waals surface area contributed by atoms with E-state index in [0.29, 0.717) is 12.8 Å². The summed E-state index contributed by atoms with van der Waals surface area (Å²) in [5.74, 6) is -1.97. The number of rotatable bonds is 4. The van der Waals surface area contributed by atoms with E-state index in [1.807, 2.05) is 20.8 Å². The van der Waals surface area contributed by atoms with Gasteiger partial charge >= 0.3 is 11.9 Å². The Morgan fingerprint density at radius 3 is 2.12 bits per heavy atom. The maximum atomic E-state index is 11.9. The molecule has 0 spiro atoms. The fraction of sp³-hybridized carbons (Fsp3) is 0.846. The molecule has 1 fully saturated rings. The first kappa shape index (κ1) is 14.0. The van der Waals surface area contributed by atoms with Crippen molar-refractivity contribution in [3.8, 4) is 0 Å². The van der Waals surface area contributed by atoms with Crippen LogP contribution in [0.4, 0.5) is 0 Å². The number of carboxylic acid groups (broad SMARTS) is 1. The average Bonchev–Trinajstić information content (AvgIpc) is 2.28. The highest BCUT2D eigenvalue weighted by atomic mass is 16.5. The summed E-state index contributed by atoms with van der Waals surface area (Å²) in [7, 11) is 0. The molecule has 4 nitrogen and oxygen atoms in total. The number of esters is 1. The zero-order valence-electron chi connectivity index (χ0n) is 10.8. The van der Waals surface area contributed by atoms with Crippen molar-refractivity contribution in [3.63, 3.8) is 0 Å². The van der Waals surface area contributed by atoms with Gasteiger partial charge in [-0.05, 0) is 25.7 Å². The van der Waals surface area contributed by atoms with Crippen LogP contribution in [0.15, 0.2) is 0 Å². The zero-order valence-corrected chi connectivity index (χ0v) is 10.8. The second kappa shape index (κ2) is 6.03. The molecule has 0 radical (unpaired) electrons. The average molecular weight is 242 g/mol. The van der Waals surface area contributed by atoms with Crippen LogP contribution in [0.25, 0.3) is 0 Å². The first-order chi connectivity index (χ1) is 7.93. The van der Waals surface area contributed by atoms with E-state index in [4.69, 9.17) is 9.84 Å². The second-order valence-electron chi connectivity index (χ2n) is 5.22. The summed E-state index contributed by atoms with van der Waals surface area (Å²) in [4.78, 5) is 23.0. The Balaban J connectivity index is 2.62. The van der Waals surface area contributed by atoms with Gasteiger partial charge < -0.3 is 9.84 Å². The molecule has 1 aliphatic carbocycles. The van der Waals surface area contributed by atoms with Gasteiger partial charge in [0.25, 0.3) is 0 Å². The third kappa shape index (κ3) is 3.72. The van der Waals surface area contributed by atoms with E-state index in [2.05, 4.69) is 0 Å². The lowest BCUT2D eigenvalue weighted by atomic mass is 9.79. The van der Waals surface area contributed by atoms with Crippen molar-refractivity contribution in [3.05, 3.63) is 0 Å². The molecule has 0 aromatic rings. The topological polar surface area (TPSA) is 63.6 Å². The Labute approximate surface area is 102 Å². The maximum absolute atomic E-state index is 11.9. The summed E-state index contributed by atoms with van der Waals surface area (Å²) >= 11 is 0.